The summed E-state index contributed by atoms with van der Waals surface area (Å²) in [4.78, 5) is 4.26. The largest absolute Gasteiger partial charge is 0.491 e. The lowest BCUT2D eigenvalue weighted by atomic mass is 9.77. The molecule has 114 valence electrons. The molecule has 1 saturated heterocycles. The molecule has 2 heterocycles. The van der Waals surface area contributed by atoms with Gasteiger partial charge in [-0.05, 0) is 51.7 Å². The van der Waals surface area contributed by atoms with Crippen molar-refractivity contribution < 1.29 is 9.31 Å². The molecule has 1 aliphatic heterocycles. The summed E-state index contributed by atoms with van der Waals surface area (Å²) in [6.45, 7) is 10.4. The average Bonchev–Trinajstić information content (AvgIpc) is 2.59. The monoisotopic (exact) mass is 289 g/mol. The Bertz CT molecular complexity index is 554. The Kier molecular flexibility index (Phi) is 4.15. The minimum Gasteiger partial charge on any atom is -0.400 e. The van der Waals surface area contributed by atoms with Gasteiger partial charge in [0, 0.05) is 12.2 Å². The Morgan fingerprint density at radius 2 is 1.86 bits per heavy atom. The molecule has 0 unspecified atom stereocenters. The first kappa shape index (κ1) is 16.0. The fourth-order valence-electron chi connectivity index (χ4n) is 2.13. The molecule has 4 N–H and O–H groups in total. The van der Waals surface area contributed by atoms with Crippen molar-refractivity contribution in [3.05, 3.63) is 29.0 Å². The van der Waals surface area contributed by atoms with Gasteiger partial charge in [0.15, 0.2) is 0 Å². The number of nitrogen functional groups attached to an aromatic ring is 1. The van der Waals surface area contributed by atoms with Gasteiger partial charge in [0.05, 0.1) is 23.1 Å². The minimum atomic E-state index is -0.444. The number of rotatable bonds is 3. The van der Waals surface area contributed by atoms with Crippen LogP contribution in [0.3, 0.4) is 0 Å². The van der Waals surface area contributed by atoms with Crippen LogP contribution in [-0.4, -0.2) is 29.8 Å². The number of pyridine rings is 1. The number of aryl methyl sites for hydroxylation is 1. The molecule has 21 heavy (non-hydrogen) atoms. The normalized spacial score (nSPS) is 20.9. The Morgan fingerprint density at radius 3 is 2.38 bits per heavy atom. The van der Waals surface area contributed by atoms with Crippen LogP contribution < -0.4 is 11.5 Å². The Hall–Kier alpha value is -1.37. The highest BCUT2D eigenvalue weighted by molar-refractivity contribution is 6.55. The first-order valence-electron chi connectivity index (χ1n) is 7.14. The summed E-state index contributed by atoms with van der Waals surface area (Å²) in [5.74, 6) is 0. The van der Waals surface area contributed by atoms with Crippen LogP contribution >= 0.6 is 0 Å². The zero-order chi connectivity index (χ0) is 15.8. The van der Waals surface area contributed by atoms with E-state index in [0.717, 1.165) is 16.7 Å². The van der Waals surface area contributed by atoms with Crippen LogP contribution in [0.4, 0.5) is 5.69 Å². The van der Waals surface area contributed by atoms with Crippen molar-refractivity contribution in [1.82, 2.24) is 4.98 Å². The molecule has 1 aliphatic rings. The van der Waals surface area contributed by atoms with E-state index in [9.17, 15) is 0 Å². The van der Waals surface area contributed by atoms with Crippen LogP contribution in [0.5, 0.6) is 0 Å². The lowest BCUT2D eigenvalue weighted by Gasteiger charge is -2.32. The van der Waals surface area contributed by atoms with E-state index < -0.39 is 7.12 Å². The average molecular weight is 289 g/mol. The molecule has 1 aromatic rings. The van der Waals surface area contributed by atoms with E-state index in [1.54, 1.807) is 6.20 Å². The van der Waals surface area contributed by atoms with Gasteiger partial charge < -0.3 is 20.8 Å². The summed E-state index contributed by atoms with van der Waals surface area (Å²) < 4.78 is 12.1. The van der Waals surface area contributed by atoms with Gasteiger partial charge >= 0.3 is 7.12 Å². The van der Waals surface area contributed by atoms with Gasteiger partial charge in [-0.1, -0.05) is 6.08 Å². The fraction of sp³-hybridized carbons (Fsp3) is 0.533. The van der Waals surface area contributed by atoms with Crippen LogP contribution in [0.15, 0.2) is 17.7 Å². The Labute approximate surface area is 126 Å². The zero-order valence-corrected chi connectivity index (χ0v) is 13.4. The van der Waals surface area contributed by atoms with E-state index in [2.05, 4.69) is 4.98 Å². The molecule has 5 nitrogen and oxygen atoms in total. The van der Waals surface area contributed by atoms with Crippen LogP contribution in [0.25, 0.3) is 6.08 Å². The SMILES string of the molecule is Cc1ncc(N)cc1C=C(CN)B1OC(C)(C)C(C)(C)O1. The topological polar surface area (TPSA) is 83.4 Å². The molecule has 0 amide bonds. The summed E-state index contributed by atoms with van der Waals surface area (Å²) in [5.41, 5.74) is 14.3. The Morgan fingerprint density at radius 1 is 1.29 bits per heavy atom. The second-order valence-electron chi connectivity index (χ2n) is 6.45. The molecule has 0 bridgehead atoms. The Balaban J connectivity index is 2.33. The maximum absolute atomic E-state index is 6.04. The first-order chi connectivity index (χ1) is 9.66. The molecule has 0 radical (unpaired) electrons. The smallest absolute Gasteiger partial charge is 0.400 e. The van der Waals surface area contributed by atoms with Crippen LogP contribution in [0, 0.1) is 6.92 Å². The molecule has 0 spiro atoms. The molecule has 2 rings (SSSR count). The summed E-state index contributed by atoms with van der Waals surface area (Å²) in [7, 11) is -0.444. The van der Waals surface area contributed by atoms with E-state index in [1.807, 2.05) is 46.8 Å². The third-order valence-electron chi connectivity index (χ3n) is 4.28. The van der Waals surface area contributed by atoms with Crippen molar-refractivity contribution in [2.75, 3.05) is 12.3 Å². The summed E-state index contributed by atoms with van der Waals surface area (Å²) >= 11 is 0. The van der Waals surface area contributed by atoms with Crippen LogP contribution in [0.1, 0.15) is 39.0 Å². The quantitative estimate of drug-likeness (QED) is 0.831. The van der Waals surface area contributed by atoms with Crippen LogP contribution in [0.2, 0.25) is 0 Å². The number of nitrogens with zero attached hydrogens (tertiary/aromatic N) is 1. The fourth-order valence-corrected chi connectivity index (χ4v) is 2.13. The first-order valence-corrected chi connectivity index (χ1v) is 7.14. The number of anilines is 1. The number of hydrogen-bond acceptors (Lipinski definition) is 5. The molecular weight excluding hydrogens is 265 g/mol. The molecule has 0 aromatic carbocycles. The molecule has 1 aromatic heterocycles. The third kappa shape index (κ3) is 3.12. The van der Waals surface area contributed by atoms with Crippen molar-refractivity contribution in [3.63, 3.8) is 0 Å². The summed E-state index contributed by atoms with van der Waals surface area (Å²) in [6, 6.07) is 1.88. The van der Waals surface area contributed by atoms with Gasteiger partial charge in [0.2, 0.25) is 0 Å². The summed E-state index contributed by atoms with van der Waals surface area (Å²) in [5, 5.41) is 0. The van der Waals surface area contributed by atoms with E-state index >= 15 is 0 Å². The van der Waals surface area contributed by atoms with Gasteiger partial charge in [0.25, 0.3) is 0 Å². The molecule has 0 aliphatic carbocycles. The van der Waals surface area contributed by atoms with Crippen molar-refractivity contribution in [2.45, 2.75) is 45.8 Å². The minimum absolute atomic E-state index is 0.352. The van der Waals surface area contributed by atoms with Gasteiger partial charge in [-0.25, -0.2) is 0 Å². The van der Waals surface area contributed by atoms with E-state index in [1.165, 1.54) is 0 Å². The highest BCUT2D eigenvalue weighted by Crippen LogP contribution is 2.38. The lowest BCUT2D eigenvalue weighted by Crippen LogP contribution is -2.41. The second kappa shape index (κ2) is 5.44. The summed E-state index contributed by atoms with van der Waals surface area (Å²) in [6.07, 6.45) is 3.60. The third-order valence-corrected chi connectivity index (χ3v) is 4.28. The van der Waals surface area contributed by atoms with Crippen molar-refractivity contribution in [3.8, 4) is 0 Å². The van der Waals surface area contributed by atoms with Gasteiger partial charge in [-0.2, -0.15) is 0 Å². The maximum Gasteiger partial charge on any atom is 0.491 e. The van der Waals surface area contributed by atoms with E-state index in [0.29, 0.717) is 12.2 Å². The van der Waals surface area contributed by atoms with E-state index in [4.69, 9.17) is 20.8 Å². The van der Waals surface area contributed by atoms with Gasteiger partial charge in [-0.15, -0.1) is 0 Å². The second-order valence-corrected chi connectivity index (χ2v) is 6.45. The standard InChI is InChI=1S/C15H24BN3O2/c1-10-11(7-13(18)9-19-10)6-12(8-17)16-20-14(2,3)15(4,5)21-16/h6-7,9H,8,17-18H2,1-5H3. The predicted molar refractivity (Wildman–Crippen MR) is 86.5 cm³/mol. The molecular formula is C15H24BN3O2. The van der Waals surface area contributed by atoms with E-state index in [-0.39, 0.29) is 11.2 Å². The van der Waals surface area contributed by atoms with Crippen molar-refractivity contribution in [2.24, 2.45) is 5.73 Å². The highest BCUT2D eigenvalue weighted by atomic mass is 16.7. The number of aromatic nitrogens is 1. The maximum atomic E-state index is 6.04. The lowest BCUT2D eigenvalue weighted by molar-refractivity contribution is 0.00578. The van der Waals surface area contributed by atoms with Crippen molar-refractivity contribution in [1.29, 1.82) is 0 Å². The van der Waals surface area contributed by atoms with Gasteiger partial charge in [-0.3, -0.25) is 4.98 Å². The zero-order valence-electron chi connectivity index (χ0n) is 13.4. The number of hydrogen-bond donors (Lipinski definition) is 2. The van der Waals surface area contributed by atoms with Crippen molar-refractivity contribution >= 4 is 18.9 Å². The number of nitrogens with two attached hydrogens (primary N) is 2. The van der Waals surface area contributed by atoms with Gasteiger partial charge in [0.1, 0.15) is 0 Å². The molecule has 6 heteroatoms. The predicted octanol–water partition coefficient (Wildman–Crippen LogP) is 1.95. The molecule has 1 fully saturated rings. The molecule has 0 saturated carbocycles. The highest BCUT2D eigenvalue weighted by Gasteiger charge is 2.52. The molecule has 0 atom stereocenters. The van der Waals surface area contributed by atoms with Crippen LogP contribution in [-0.2, 0) is 9.31 Å².